The van der Waals surface area contributed by atoms with E-state index >= 15 is 0 Å². The first kappa shape index (κ1) is 18.9. The first-order valence-corrected chi connectivity index (χ1v) is 9.94. The minimum atomic E-state index is -0.402. The lowest BCUT2D eigenvalue weighted by molar-refractivity contribution is -0.384. The normalized spacial score (nSPS) is 10.9. The van der Waals surface area contributed by atoms with Crippen LogP contribution < -0.4 is 4.74 Å². The van der Waals surface area contributed by atoms with Gasteiger partial charge in [0.2, 0.25) is 0 Å². The minimum Gasteiger partial charge on any atom is -0.494 e. The van der Waals surface area contributed by atoms with Crippen molar-refractivity contribution >= 4 is 23.1 Å². The van der Waals surface area contributed by atoms with Crippen LogP contribution in [0.2, 0.25) is 0 Å². The zero-order valence-corrected chi connectivity index (χ0v) is 16.4. The number of nitrogens with zero attached hydrogens (tertiary/aromatic N) is 5. The van der Waals surface area contributed by atoms with Gasteiger partial charge in [-0.3, -0.25) is 10.1 Å². The summed E-state index contributed by atoms with van der Waals surface area (Å²) in [4.78, 5) is 10.4. The van der Waals surface area contributed by atoms with Gasteiger partial charge in [-0.25, -0.2) is 0 Å². The standard InChI is InChI=1S/C20H17N5O3S/c1-2-28-17-9-5-15(6-10-17)20-22-21-18-11-12-19(23-24(18)20)29-13-14-3-7-16(8-4-14)25(26)27/h3-12H,2,13H2,1H3. The predicted molar refractivity (Wildman–Crippen MR) is 110 cm³/mol. The predicted octanol–water partition coefficient (Wildman–Crippen LogP) is 4.39. The average Bonchev–Trinajstić information content (AvgIpc) is 3.16. The molecule has 0 saturated carbocycles. The van der Waals surface area contributed by atoms with E-state index in [2.05, 4.69) is 15.3 Å². The van der Waals surface area contributed by atoms with Crippen molar-refractivity contribution in [3.05, 3.63) is 76.3 Å². The number of thioether (sulfide) groups is 1. The molecule has 0 saturated heterocycles. The number of non-ortho nitro benzene ring substituents is 1. The van der Waals surface area contributed by atoms with Gasteiger partial charge in [0.15, 0.2) is 11.5 Å². The van der Waals surface area contributed by atoms with Gasteiger partial charge in [0.1, 0.15) is 10.8 Å². The third-order valence-corrected chi connectivity index (χ3v) is 5.19. The zero-order chi connectivity index (χ0) is 20.2. The fourth-order valence-corrected chi connectivity index (χ4v) is 3.58. The summed E-state index contributed by atoms with van der Waals surface area (Å²) in [6.07, 6.45) is 0. The van der Waals surface area contributed by atoms with E-state index in [1.54, 1.807) is 28.4 Å². The summed E-state index contributed by atoms with van der Waals surface area (Å²) in [5, 5.41) is 24.7. The van der Waals surface area contributed by atoms with E-state index in [1.165, 1.54) is 12.1 Å². The highest BCUT2D eigenvalue weighted by Crippen LogP contribution is 2.25. The van der Waals surface area contributed by atoms with Gasteiger partial charge in [0, 0.05) is 23.4 Å². The number of fused-ring (bicyclic) bond motifs is 1. The van der Waals surface area contributed by atoms with E-state index in [0.29, 0.717) is 23.8 Å². The fraction of sp³-hybridized carbons (Fsp3) is 0.150. The summed E-state index contributed by atoms with van der Waals surface area (Å²) in [5.41, 5.74) is 2.63. The molecule has 2 aromatic carbocycles. The molecule has 0 N–H and O–H groups in total. The number of hydrogen-bond acceptors (Lipinski definition) is 7. The van der Waals surface area contributed by atoms with Crippen LogP contribution in [-0.2, 0) is 5.75 Å². The highest BCUT2D eigenvalue weighted by molar-refractivity contribution is 7.98. The molecule has 0 aliphatic rings. The molecule has 0 aliphatic carbocycles. The minimum absolute atomic E-state index is 0.0859. The van der Waals surface area contributed by atoms with Crippen LogP contribution in [0.1, 0.15) is 12.5 Å². The van der Waals surface area contributed by atoms with E-state index in [9.17, 15) is 10.1 Å². The van der Waals surface area contributed by atoms with Gasteiger partial charge in [0.05, 0.1) is 11.5 Å². The summed E-state index contributed by atoms with van der Waals surface area (Å²) in [5.74, 6) is 2.11. The maximum atomic E-state index is 10.8. The molecule has 0 bridgehead atoms. The molecular formula is C20H17N5O3S. The van der Waals surface area contributed by atoms with Crippen molar-refractivity contribution in [2.24, 2.45) is 0 Å². The summed E-state index contributed by atoms with van der Waals surface area (Å²) in [6.45, 7) is 2.56. The van der Waals surface area contributed by atoms with Crippen molar-refractivity contribution in [2.75, 3.05) is 6.61 Å². The zero-order valence-electron chi connectivity index (χ0n) is 15.6. The topological polar surface area (TPSA) is 95.5 Å². The molecule has 4 rings (SSSR count). The molecule has 0 fully saturated rings. The van der Waals surface area contributed by atoms with Crippen LogP contribution >= 0.6 is 11.8 Å². The Bertz CT molecular complexity index is 1140. The molecule has 0 atom stereocenters. The Kier molecular flexibility index (Phi) is 5.39. The van der Waals surface area contributed by atoms with E-state index < -0.39 is 4.92 Å². The van der Waals surface area contributed by atoms with Gasteiger partial charge in [-0.05, 0) is 48.9 Å². The van der Waals surface area contributed by atoms with Gasteiger partial charge < -0.3 is 4.74 Å². The van der Waals surface area contributed by atoms with Crippen LogP contribution in [0.3, 0.4) is 0 Å². The summed E-state index contributed by atoms with van der Waals surface area (Å²) in [7, 11) is 0. The van der Waals surface area contributed by atoms with E-state index in [4.69, 9.17) is 4.74 Å². The maximum Gasteiger partial charge on any atom is 0.269 e. The Labute approximate surface area is 170 Å². The van der Waals surface area contributed by atoms with Crippen LogP contribution in [-0.4, -0.2) is 31.3 Å². The van der Waals surface area contributed by atoms with Crippen LogP contribution in [0.25, 0.3) is 17.0 Å². The highest BCUT2D eigenvalue weighted by atomic mass is 32.2. The number of benzene rings is 2. The quantitative estimate of drug-likeness (QED) is 0.255. The first-order chi connectivity index (χ1) is 14.1. The van der Waals surface area contributed by atoms with Crippen LogP contribution in [0, 0.1) is 10.1 Å². The lowest BCUT2D eigenvalue weighted by atomic mass is 10.2. The number of ether oxygens (including phenoxy) is 1. The second-order valence-corrected chi connectivity index (χ2v) is 7.13. The molecule has 0 aliphatic heterocycles. The number of rotatable bonds is 7. The maximum absolute atomic E-state index is 10.8. The van der Waals surface area contributed by atoms with Crippen LogP contribution in [0.15, 0.2) is 65.7 Å². The van der Waals surface area contributed by atoms with Gasteiger partial charge in [0.25, 0.3) is 5.69 Å². The molecule has 2 heterocycles. The smallest absolute Gasteiger partial charge is 0.269 e. The third kappa shape index (κ3) is 4.19. The van der Waals surface area contributed by atoms with Gasteiger partial charge in [-0.15, -0.1) is 10.2 Å². The Morgan fingerprint density at radius 2 is 1.79 bits per heavy atom. The summed E-state index contributed by atoms with van der Waals surface area (Å²) >= 11 is 1.54. The molecule has 0 radical (unpaired) electrons. The van der Waals surface area contributed by atoms with E-state index in [-0.39, 0.29) is 5.69 Å². The monoisotopic (exact) mass is 407 g/mol. The van der Waals surface area contributed by atoms with Crippen LogP contribution in [0.4, 0.5) is 5.69 Å². The largest absolute Gasteiger partial charge is 0.494 e. The lowest BCUT2D eigenvalue weighted by Gasteiger charge is -2.05. The Balaban J connectivity index is 1.54. The van der Waals surface area contributed by atoms with E-state index in [0.717, 1.165) is 21.9 Å². The Morgan fingerprint density at radius 1 is 1.03 bits per heavy atom. The molecular weight excluding hydrogens is 390 g/mol. The van der Waals surface area contributed by atoms with Crippen molar-refractivity contribution in [2.45, 2.75) is 17.7 Å². The SMILES string of the molecule is CCOc1ccc(-c2nnc3ccc(SCc4ccc([N+](=O)[O-])cc4)nn23)cc1. The molecule has 2 aromatic heterocycles. The van der Waals surface area contributed by atoms with E-state index in [1.807, 2.05) is 43.3 Å². The number of aromatic nitrogens is 4. The molecule has 146 valence electrons. The number of hydrogen-bond donors (Lipinski definition) is 0. The summed E-state index contributed by atoms with van der Waals surface area (Å²) < 4.78 is 7.20. The molecule has 29 heavy (non-hydrogen) atoms. The van der Waals surface area contributed by atoms with Crippen molar-refractivity contribution in [1.29, 1.82) is 0 Å². The van der Waals surface area contributed by atoms with Crippen molar-refractivity contribution in [3.8, 4) is 17.1 Å². The molecule has 0 unspecified atom stereocenters. The fourth-order valence-electron chi connectivity index (χ4n) is 2.77. The summed E-state index contributed by atoms with van der Waals surface area (Å²) in [6, 6.07) is 18.0. The molecule has 0 amide bonds. The molecule has 0 spiro atoms. The van der Waals surface area contributed by atoms with Crippen molar-refractivity contribution in [1.82, 2.24) is 19.8 Å². The second-order valence-electron chi connectivity index (χ2n) is 6.13. The third-order valence-electron chi connectivity index (χ3n) is 4.20. The first-order valence-electron chi connectivity index (χ1n) is 8.96. The van der Waals surface area contributed by atoms with Gasteiger partial charge >= 0.3 is 0 Å². The average molecular weight is 407 g/mol. The molecule has 4 aromatic rings. The van der Waals surface area contributed by atoms with Gasteiger partial charge in [-0.2, -0.15) is 9.61 Å². The second kappa shape index (κ2) is 8.27. The molecule has 9 heteroatoms. The Hall–Kier alpha value is -3.46. The molecule has 8 nitrogen and oxygen atoms in total. The van der Waals surface area contributed by atoms with Crippen molar-refractivity contribution in [3.63, 3.8) is 0 Å². The van der Waals surface area contributed by atoms with Gasteiger partial charge in [-0.1, -0.05) is 23.9 Å². The lowest BCUT2D eigenvalue weighted by Crippen LogP contribution is -1.97. The number of nitro benzene ring substituents is 1. The van der Waals surface area contributed by atoms with Crippen molar-refractivity contribution < 1.29 is 9.66 Å². The number of nitro groups is 1. The highest BCUT2D eigenvalue weighted by Gasteiger charge is 2.11. The van der Waals surface area contributed by atoms with Crippen LogP contribution in [0.5, 0.6) is 5.75 Å². The Morgan fingerprint density at radius 3 is 2.48 bits per heavy atom.